The van der Waals surface area contributed by atoms with Crippen LogP contribution in [0.25, 0.3) is 0 Å². The summed E-state index contributed by atoms with van der Waals surface area (Å²) < 4.78 is 0. The summed E-state index contributed by atoms with van der Waals surface area (Å²) in [6.45, 7) is 1.22. The SMILES string of the molecule is CC(CCO[N+](=O)[O-])O[N+](=O)[O-].N[O]. The monoisotopic (exact) mass is 212 g/mol. The summed E-state index contributed by atoms with van der Waals surface area (Å²) in [6, 6.07) is 0. The average molecular weight is 212 g/mol. The third-order valence-corrected chi connectivity index (χ3v) is 0.987. The molecule has 0 rings (SSSR count). The van der Waals surface area contributed by atoms with Crippen molar-refractivity contribution < 1.29 is 25.1 Å². The van der Waals surface area contributed by atoms with E-state index in [1.54, 1.807) is 0 Å². The molecule has 0 aliphatic carbocycles. The molecule has 10 nitrogen and oxygen atoms in total. The van der Waals surface area contributed by atoms with Gasteiger partial charge < -0.3 is 9.68 Å². The molecule has 0 aromatic carbocycles. The number of rotatable bonds is 6. The molecule has 83 valence electrons. The second kappa shape index (κ2) is 9.41. The van der Waals surface area contributed by atoms with E-state index >= 15 is 0 Å². The zero-order valence-corrected chi connectivity index (χ0v) is 7.32. The molecule has 0 fully saturated rings. The molecule has 14 heavy (non-hydrogen) atoms. The molecule has 0 amide bonds. The van der Waals surface area contributed by atoms with Crippen molar-refractivity contribution in [1.29, 1.82) is 0 Å². The number of hydrogen-bond acceptors (Lipinski definition) is 7. The van der Waals surface area contributed by atoms with E-state index in [4.69, 9.17) is 5.21 Å². The van der Waals surface area contributed by atoms with Crippen LogP contribution in [0.15, 0.2) is 0 Å². The predicted molar refractivity (Wildman–Crippen MR) is 40.0 cm³/mol. The Balaban J connectivity index is 0. The Morgan fingerprint density at radius 3 is 2.14 bits per heavy atom. The minimum Gasteiger partial charge on any atom is -0.314 e. The van der Waals surface area contributed by atoms with Crippen molar-refractivity contribution in [2.24, 2.45) is 5.90 Å². The average Bonchev–Trinajstić information content (AvgIpc) is 2.05. The van der Waals surface area contributed by atoms with Crippen molar-refractivity contribution in [3.05, 3.63) is 20.2 Å². The van der Waals surface area contributed by atoms with Gasteiger partial charge in [-0.1, -0.05) is 0 Å². The van der Waals surface area contributed by atoms with Gasteiger partial charge in [0.25, 0.3) is 10.2 Å². The molecular weight excluding hydrogens is 202 g/mol. The van der Waals surface area contributed by atoms with Gasteiger partial charge in [0.15, 0.2) is 0 Å². The Kier molecular flexibility index (Phi) is 9.96. The first kappa shape index (κ1) is 14.8. The molecule has 0 heterocycles. The highest BCUT2D eigenvalue weighted by Crippen LogP contribution is 1.97. The van der Waals surface area contributed by atoms with Gasteiger partial charge in [-0.15, -0.1) is 25.4 Å². The highest BCUT2D eigenvalue weighted by Gasteiger charge is 2.07. The van der Waals surface area contributed by atoms with Crippen molar-refractivity contribution in [3.63, 3.8) is 0 Å². The first-order valence-electron chi connectivity index (χ1n) is 3.34. The maximum absolute atomic E-state index is 9.72. The molecule has 1 unspecified atom stereocenters. The maximum Gasteiger partial charge on any atom is 0.294 e. The zero-order valence-electron chi connectivity index (χ0n) is 7.32. The van der Waals surface area contributed by atoms with Gasteiger partial charge in [-0.05, 0) is 13.3 Å². The lowest BCUT2D eigenvalue weighted by Gasteiger charge is -2.06. The van der Waals surface area contributed by atoms with E-state index in [0.29, 0.717) is 0 Å². The van der Waals surface area contributed by atoms with Crippen molar-refractivity contribution in [1.82, 2.24) is 0 Å². The normalized spacial score (nSPS) is 10.5. The number of hydrogen-bond donors (Lipinski definition) is 1. The fourth-order valence-electron chi connectivity index (χ4n) is 0.493. The minimum atomic E-state index is -0.959. The molecule has 1 radical (unpaired) electrons. The third kappa shape index (κ3) is 12.9. The van der Waals surface area contributed by atoms with Crippen molar-refractivity contribution in [2.45, 2.75) is 19.4 Å². The Hall–Kier alpha value is -1.68. The summed E-state index contributed by atoms with van der Waals surface area (Å²) in [4.78, 5) is 27.3. The fraction of sp³-hybridized carbons (Fsp3) is 1.00. The van der Waals surface area contributed by atoms with Gasteiger partial charge in [0.1, 0.15) is 6.10 Å². The van der Waals surface area contributed by atoms with Gasteiger partial charge in [0.2, 0.25) is 0 Å². The van der Waals surface area contributed by atoms with Crippen LogP contribution in [-0.4, -0.2) is 22.9 Å². The van der Waals surface area contributed by atoms with Gasteiger partial charge in [-0.3, -0.25) is 0 Å². The minimum absolute atomic E-state index is 0.0992. The van der Waals surface area contributed by atoms with E-state index < -0.39 is 16.3 Å². The Morgan fingerprint density at radius 2 is 1.79 bits per heavy atom. The molecule has 0 bridgehead atoms. The lowest BCUT2D eigenvalue weighted by Crippen LogP contribution is -2.16. The summed E-state index contributed by atoms with van der Waals surface area (Å²) in [7, 11) is 0. The van der Waals surface area contributed by atoms with Crippen LogP contribution in [-0.2, 0) is 14.9 Å². The van der Waals surface area contributed by atoms with Gasteiger partial charge in [-0.25, -0.2) is 0 Å². The van der Waals surface area contributed by atoms with E-state index in [1.807, 2.05) is 0 Å². The quantitative estimate of drug-likeness (QED) is 0.458. The summed E-state index contributed by atoms with van der Waals surface area (Å²) in [5.74, 6) is 3.25. The molecule has 0 saturated carbocycles. The van der Waals surface area contributed by atoms with E-state index in [0.717, 1.165) is 0 Å². The maximum atomic E-state index is 9.72. The Morgan fingerprint density at radius 1 is 1.29 bits per heavy atom. The first-order chi connectivity index (χ1) is 6.52. The molecule has 0 spiro atoms. The van der Waals surface area contributed by atoms with Crippen LogP contribution in [0.5, 0.6) is 0 Å². The zero-order chi connectivity index (χ0) is 11.6. The van der Waals surface area contributed by atoms with Crippen molar-refractivity contribution >= 4 is 0 Å². The fourth-order valence-corrected chi connectivity index (χ4v) is 0.493. The third-order valence-electron chi connectivity index (χ3n) is 0.987. The highest BCUT2D eigenvalue weighted by atomic mass is 17.0. The van der Waals surface area contributed by atoms with Crippen LogP contribution in [0.2, 0.25) is 0 Å². The van der Waals surface area contributed by atoms with Crippen LogP contribution in [0.4, 0.5) is 0 Å². The molecule has 0 aromatic heterocycles. The molecule has 2 N–H and O–H groups in total. The van der Waals surface area contributed by atoms with Crippen LogP contribution in [0.1, 0.15) is 13.3 Å². The van der Waals surface area contributed by atoms with Gasteiger partial charge in [-0.2, -0.15) is 5.90 Å². The summed E-state index contributed by atoms with van der Waals surface area (Å²) in [5, 5.41) is 25.2. The Labute approximate surface area is 78.4 Å². The second-order valence-electron chi connectivity index (χ2n) is 1.99. The molecule has 0 aliphatic rings. The smallest absolute Gasteiger partial charge is 0.294 e. The van der Waals surface area contributed by atoms with E-state index in [9.17, 15) is 20.2 Å². The summed E-state index contributed by atoms with van der Waals surface area (Å²) in [6.07, 6.45) is -0.595. The lowest BCUT2D eigenvalue weighted by atomic mass is 10.3. The molecule has 0 aromatic rings. The summed E-state index contributed by atoms with van der Waals surface area (Å²) in [5.41, 5.74) is 0. The molecule has 10 heteroatoms. The van der Waals surface area contributed by atoms with Crippen molar-refractivity contribution in [3.8, 4) is 0 Å². The largest absolute Gasteiger partial charge is 0.314 e. The van der Waals surface area contributed by atoms with E-state index in [2.05, 4.69) is 15.6 Å². The van der Waals surface area contributed by atoms with E-state index in [-0.39, 0.29) is 13.0 Å². The molecule has 1 atom stereocenters. The number of nitrogens with zero attached hydrogens (tertiary/aromatic N) is 2. The van der Waals surface area contributed by atoms with Crippen molar-refractivity contribution in [2.75, 3.05) is 6.61 Å². The van der Waals surface area contributed by atoms with E-state index in [1.165, 1.54) is 6.92 Å². The van der Waals surface area contributed by atoms with Gasteiger partial charge in [0.05, 0.1) is 6.61 Å². The molecule has 0 aliphatic heterocycles. The van der Waals surface area contributed by atoms with Gasteiger partial charge >= 0.3 is 0 Å². The lowest BCUT2D eigenvalue weighted by molar-refractivity contribution is -0.773. The summed E-state index contributed by atoms with van der Waals surface area (Å²) >= 11 is 0. The predicted octanol–water partition coefficient (Wildman–Crippen LogP) is -0.528. The topological polar surface area (TPSA) is 151 Å². The molecule has 0 saturated heterocycles. The van der Waals surface area contributed by atoms with Gasteiger partial charge in [0, 0.05) is 0 Å². The second-order valence-corrected chi connectivity index (χ2v) is 1.99. The molecular formula is C4H10N3O7. The van der Waals surface area contributed by atoms with Crippen LogP contribution in [0.3, 0.4) is 0 Å². The van der Waals surface area contributed by atoms with Crippen LogP contribution >= 0.6 is 0 Å². The Bertz CT molecular complexity index is 174. The van der Waals surface area contributed by atoms with Crippen LogP contribution < -0.4 is 5.90 Å². The first-order valence-corrected chi connectivity index (χ1v) is 3.34. The number of nitrogens with two attached hydrogens (primary N) is 1. The highest BCUT2D eigenvalue weighted by molar-refractivity contribution is 4.43. The standard InChI is InChI=1S/C4H8N2O6.H2NO/c1-4(12-6(9)10)2-3-11-5(7)8;1-2/h4H,2-3H2,1H3;1H2. The van der Waals surface area contributed by atoms with Crippen LogP contribution in [0, 0.1) is 20.2 Å².